The van der Waals surface area contributed by atoms with Crippen LogP contribution < -0.4 is 5.32 Å². The number of thioether (sulfide) groups is 1. The van der Waals surface area contributed by atoms with Crippen molar-refractivity contribution in [2.45, 2.75) is 71.9 Å². The summed E-state index contributed by atoms with van der Waals surface area (Å²) in [6.45, 7) is 11.8. The smallest absolute Gasteiger partial charge is 0.157 e. The molecule has 108 valence electrons. The molecular weight excluding hydrogens is 252 g/mol. The van der Waals surface area contributed by atoms with Crippen LogP contribution in [-0.2, 0) is 0 Å². The number of rotatable bonds is 1. The van der Waals surface area contributed by atoms with E-state index in [0.29, 0.717) is 22.4 Å². The highest BCUT2D eigenvalue weighted by Gasteiger charge is 2.65. The fourth-order valence-corrected chi connectivity index (χ4v) is 5.00. The van der Waals surface area contributed by atoms with Gasteiger partial charge in [-0.25, -0.2) is 0 Å². The van der Waals surface area contributed by atoms with Gasteiger partial charge in [0.2, 0.25) is 0 Å². The number of aliphatic imine (C=N–C) groups is 1. The van der Waals surface area contributed by atoms with Crippen molar-refractivity contribution < 1.29 is 0 Å². The van der Waals surface area contributed by atoms with Gasteiger partial charge in [-0.1, -0.05) is 46.4 Å². The predicted molar refractivity (Wildman–Crippen MR) is 84.7 cm³/mol. The van der Waals surface area contributed by atoms with Gasteiger partial charge in [0.1, 0.15) is 0 Å². The van der Waals surface area contributed by atoms with Crippen LogP contribution in [0.3, 0.4) is 0 Å². The highest BCUT2D eigenvalue weighted by atomic mass is 32.2. The zero-order chi connectivity index (χ0) is 13.9. The summed E-state index contributed by atoms with van der Waals surface area (Å²) in [5, 5.41) is 5.01. The average Bonchev–Trinajstić information content (AvgIpc) is 2.68. The Bertz CT molecular complexity index is 389. The van der Waals surface area contributed by atoms with E-state index in [0.717, 1.165) is 5.92 Å². The van der Waals surface area contributed by atoms with Crippen LogP contribution in [-0.4, -0.2) is 22.5 Å². The van der Waals surface area contributed by atoms with Crippen molar-refractivity contribution in [3.63, 3.8) is 0 Å². The van der Waals surface area contributed by atoms with E-state index in [4.69, 9.17) is 4.99 Å². The molecule has 0 unspecified atom stereocenters. The van der Waals surface area contributed by atoms with Crippen LogP contribution in [0, 0.1) is 16.7 Å². The van der Waals surface area contributed by atoms with E-state index in [1.165, 1.54) is 36.6 Å². The van der Waals surface area contributed by atoms with Gasteiger partial charge < -0.3 is 5.32 Å². The topological polar surface area (TPSA) is 24.4 Å². The molecule has 19 heavy (non-hydrogen) atoms. The first kappa shape index (κ1) is 13.8. The fourth-order valence-electron chi connectivity index (χ4n) is 3.76. The molecular formula is C16H28N2S. The maximum atomic E-state index is 5.03. The Hall–Kier alpha value is -0.180. The van der Waals surface area contributed by atoms with Crippen LogP contribution >= 0.6 is 11.8 Å². The molecule has 1 aliphatic heterocycles. The summed E-state index contributed by atoms with van der Waals surface area (Å²) in [4.78, 5) is 5.03. The van der Waals surface area contributed by atoms with Gasteiger partial charge in [0.15, 0.2) is 5.17 Å². The number of amidine groups is 1. The first-order chi connectivity index (χ1) is 8.77. The number of nitrogens with one attached hydrogen (secondary N) is 1. The maximum Gasteiger partial charge on any atom is 0.157 e. The lowest BCUT2D eigenvalue weighted by Gasteiger charge is -2.35. The third kappa shape index (κ3) is 2.12. The third-order valence-corrected chi connectivity index (χ3v) is 7.46. The molecule has 0 atom stereocenters. The standard InChI is InChI=1S/C16H28N2S/c1-11-6-8-16(9-7-11)10-19-13(18-16)17-12-14(2,3)15(12,4)5/h11-12H,6-10H2,1-5H3,(H,17,18). The van der Waals surface area contributed by atoms with Gasteiger partial charge in [-0.2, -0.15) is 0 Å². The summed E-state index contributed by atoms with van der Waals surface area (Å²) in [5.74, 6) is 2.14. The molecule has 1 saturated heterocycles. The second-order valence-electron chi connectivity index (χ2n) is 8.16. The molecule has 3 aliphatic rings. The van der Waals surface area contributed by atoms with E-state index in [-0.39, 0.29) is 0 Å². The molecule has 0 aromatic heterocycles. The average molecular weight is 280 g/mol. The van der Waals surface area contributed by atoms with E-state index < -0.39 is 0 Å². The molecule has 3 heteroatoms. The molecule has 1 N–H and O–H groups in total. The van der Waals surface area contributed by atoms with Crippen LogP contribution in [0.4, 0.5) is 0 Å². The highest BCUT2D eigenvalue weighted by molar-refractivity contribution is 8.14. The van der Waals surface area contributed by atoms with Gasteiger partial charge in [-0.05, 0) is 42.4 Å². The summed E-state index contributed by atoms with van der Waals surface area (Å²) in [5.41, 5.74) is 1.09. The summed E-state index contributed by atoms with van der Waals surface area (Å²) < 4.78 is 0. The minimum absolute atomic E-state index is 0.360. The minimum Gasteiger partial charge on any atom is -0.359 e. The van der Waals surface area contributed by atoms with E-state index in [1.54, 1.807) is 0 Å². The second-order valence-corrected chi connectivity index (χ2v) is 9.12. The highest BCUT2D eigenvalue weighted by Crippen LogP contribution is 2.65. The van der Waals surface area contributed by atoms with Crippen molar-refractivity contribution in [1.82, 2.24) is 5.32 Å². The predicted octanol–water partition coefficient (Wildman–Crippen LogP) is 4.06. The molecule has 0 amide bonds. The number of hydrogen-bond acceptors (Lipinski definition) is 2. The molecule has 2 saturated carbocycles. The van der Waals surface area contributed by atoms with Crippen molar-refractivity contribution in [2.24, 2.45) is 21.7 Å². The van der Waals surface area contributed by atoms with Gasteiger partial charge >= 0.3 is 0 Å². The SMILES string of the molecule is CC1CCC2(CC1)CSC(=NC1C(C)(C)C1(C)C)N2. The lowest BCUT2D eigenvalue weighted by atomic mass is 9.78. The van der Waals surface area contributed by atoms with Crippen molar-refractivity contribution in [3.05, 3.63) is 0 Å². The quantitative estimate of drug-likeness (QED) is 0.783. The van der Waals surface area contributed by atoms with Crippen LogP contribution in [0.1, 0.15) is 60.3 Å². The zero-order valence-electron chi connectivity index (χ0n) is 13.0. The Morgan fingerprint density at radius 3 is 2.21 bits per heavy atom. The molecule has 3 fully saturated rings. The Morgan fingerprint density at radius 2 is 1.68 bits per heavy atom. The monoisotopic (exact) mass is 280 g/mol. The Kier molecular flexibility index (Phi) is 3.02. The lowest BCUT2D eigenvalue weighted by molar-refractivity contribution is 0.250. The fraction of sp³-hybridized carbons (Fsp3) is 0.938. The summed E-state index contributed by atoms with van der Waals surface area (Å²) in [6.07, 6.45) is 5.41. The summed E-state index contributed by atoms with van der Waals surface area (Å²) >= 11 is 1.96. The summed E-state index contributed by atoms with van der Waals surface area (Å²) in [7, 11) is 0. The van der Waals surface area contributed by atoms with E-state index in [9.17, 15) is 0 Å². The molecule has 0 radical (unpaired) electrons. The third-order valence-electron chi connectivity index (χ3n) is 6.28. The van der Waals surface area contributed by atoms with E-state index >= 15 is 0 Å². The number of nitrogens with zero attached hydrogens (tertiary/aromatic N) is 1. The molecule has 2 aliphatic carbocycles. The van der Waals surface area contributed by atoms with Crippen LogP contribution in [0.5, 0.6) is 0 Å². The van der Waals surface area contributed by atoms with Gasteiger partial charge in [0, 0.05) is 11.3 Å². The van der Waals surface area contributed by atoms with Crippen LogP contribution in [0.2, 0.25) is 0 Å². The molecule has 0 bridgehead atoms. The van der Waals surface area contributed by atoms with Crippen LogP contribution in [0.15, 0.2) is 4.99 Å². The Balaban J connectivity index is 1.67. The number of hydrogen-bond donors (Lipinski definition) is 1. The first-order valence-electron chi connectivity index (χ1n) is 7.76. The van der Waals surface area contributed by atoms with Crippen LogP contribution in [0.25, 0.3) is 0 Å². The van der Waals surface area contributed by atoms with Crippen molar-refractivity contribution in [2.75, 3.05) is 5.75 Å². The molecule has 3 rings (SSSR count). The molecule has 2 nitrogen and oxygen atoms in total. The molecule has 1 spiro atoms. The first-order valence-corrected chi connectivity index (χ1v) is 8.74. The second kappa shape index (κ2) is 4.16. The van der Waals surface area contributed by atoms with Gasteiger partial charge in [0.25, 0.3) is 0 Å². The molecule has 1 heterocycles. The Labute approximate surface area is 122 Å². The van der Waals surface area contributed by atoms with Gasteiger partial charge in [0.05, 0.1) is 6.04 Å². The van der Waals surface area contributed by atoms with Crippen molar-refractivity contribution in [3.8, 4) is 0 Å². The van der Waals surface area contributed by atoms with Gasteiger partial charge in [-0.3, -0.25) is 4.99 Å². The largest absolute Gasteiger partial charge is 0.359 e. The van der Waals surface area contributed by atoms with E-state index in [2.05, 4.69) is 39.9 Å². The van der Waals surface area contributed by atoms with Gasteiger partial charge in [-0.15, -0.1) is 0 Å². The Morgan fingerprint density at radius 1 is 1.11 bits per heavy atom. The zero-order valence-corrected chi connectivity index (χ0v) is 13.9. The maximum absolute atomic E-state index is 5.03. The van der Waals surface area contributed by atoms with E-state index in [1.807, 2.05) is 11.8 Å². The minimum atomic E-state index is 0.360. The molecule has 0 aromatic rings. The lowest BCUT2D eigenvalue weighted by Crippen LogP contribution is -2.46. The molecule has 0 aromatic carbocycles. The normalized spacial score (nSPS) is 34.7. The van der Waals surface area contributed by atoms with Crippen molar-refractivity contribution in [1.29, 1.82) is 0 Å². The summed E-state index contributed by atoms with van der Waals surface area (Å²) in [6, 6.07) is 0.493. The van der Waals surface area contributed by atoms with Crippen molar-refractivity contribution >= 4 is 16.9 Å².